The zero-order valence-electron chi connectivity index (χ0n) is 35.4. The van der Waals surface area contributed by atoms with Crippen LogP contribution in [-0.4, -0.2) is 95.1 Å². The summed E-state index contributed by atoms with van der Waals surface area (Å²) in [7, 11) is 0. The van der Waals surface area contributed by atoms with Crippen LogP contribution in [0.1, 0.15) is 68.9 Å². The predicted molar refractivity (Wildman–Crippen MR) is 234 cm³/mol. The standard InChI is InChI=1S/C23H25FN6O2.C23H24FN5O3/c1-15-4-2-6-17(20(15)24)21(31)30-12-9-23(10-13-30,22(25)32)14-16-5-3-7-18(27-16)28-19-8-11-26-29-19;1-15-4-2-6-17(20(15)24)21(30)29-12-9-23(10-13-29,22(31)32)14-16-5-3-7-18(26-16)27-19-8-11-25-28-19/h2-8,11H,9-10,12-14H2,1H3,(H2,25,32)(H2,26,27,28,29);2-8,11H,9-10,12-14H2,1H3,(H,31,32)(H2,25,26,27,28). The van der Waals surface area contributed by atoms with Crippen LogP contribution in [0.25, 0.3) is 0 Å². The first-order chi connectivity index (χ1) is 30.8. The van der Waals surface area contributed by atoms with Gasteiger partial charge in [-0.25, -0.2) is 18.7 Å². The SMILES string of the molecule is Cc1cccc(C(=O)N2CCC(Cc3cccc(Nc4ccn[nH]4)n3)(C(=O)O)CC2)c1F.Cc1cccc(C(=O)N2CCC(Cc3cccc(Nc4ccn[nH]4)n3)(C(N)=O)CC2)c1F. The Balaban J connectivity index is 0.000000191. The Labute approximate surface area is 367 Å². The molecule has 4 aromatic heterocycles. The number of halogens is 2. The van der Waals surface area contributed by atoms with Crippen molar-refractivity contribution in [2.45, 2.75) is 52.4 Å². The van der Waals surface area contributed by atoms with Gasteiger partial charge in [-0.3, -0.25) is 29.4 Å². The third-order valence-electron chi connectivity index (χ3n) is 12.0. The number of hydrogen-bond donors (Lipinski definition) is 6. The molecule has 16 nitrogen and oxygen atoms in total. The number of rotatable bonds is 12. The van der Waals surface area contributed by atoms with E-state index in [-0.39, 0.29) is 49.4 Å². The number of benzene rings is 2. The van der Waals surface area contributed by atoms with Crippen molar-refractivity contribution in [2.75, 3.05) is 36.8 Å². The van der Waals surface area contributed by atoms with Crippen LogP contribution in [0, 0.1) is 36.3 Å². The Morgan fingerprint density at radius 1 is 0.641 bits per heavy atom. The van der Waals surface area contributed by atoms with Gasteiger partial charge in [-0.05, 0) is 87.1 Å². The minimum atomic E-state index is -1.04. The molecular formula is C46H49F2N11O5. The van der Waals surface area contributed by atoms with Gasteiger partial charge in [0.1, 0.15) is 34.9 Å². The van der Waals surface area contributed by atoms with Gasteiger partial charge >= 0.3 is 5.97 Å². The number of aliphatic carboxylic acids is 1. The van der Waals surface area contributed by atoms with Crippen LogP contribution in [0.3, 0.4) is 0 Å². The molecule has 0 atom stereocenters. The number of aryl methyl sites for hydroxylation is 2. The van der Waals surface area contributed by atoms with Crippen molar-refractivity contribution in [1.29, 1.82) is 0 Å². The molecule has 64 heavy (non-hydrogen) atoms. The van der Waals surface area contributed by atoms with Crippen LogP contribution >= 0.6 is 0 Å². The molecule has 2 aromatic carbocycles. The Kier molecular flexibility index (Phi) is 13.4. The second-order valence-electron chi connectivity index (χ2n) is 16.3. The molecule has 18 heteroatoms. The highest BCUT2D eigenvalue weighted by atomic mass is 19.1. The Morgan fingerprint density at radius 3 is 1.44 bits per heavy atom. The normalized spacial score (nSPS) is 15.4. The van der Waals surface area contributed by atoms with Gasteiger partial charge in [0.15, 0.2) is 0 Å². The highest BCUT2D eigenvalue weighted by Gasteiger charge is 2.44. The highest BCUT2D eigenvalue weighted by Crippen LogP contribution is 2.37. The number of carboxylic acids is 1. The molecular weight excluding hydrogens is 825 g/mol. The molecule has 0 bridgehead atoms. The van der Waals surface area contributed by atoms with E-state index in [4.69, 9.17) is 5.73 Å². The van der Waals surface area contributed by atoms with Gasteiger partial charge in [-0.15, -0.1) is 0 Å². The predicted octanol–water partition coefficient (Wildman–Crippen LogP) is 6.49. The lowest BCUT2D eigenvalue weighted by atomic mass is 9.74. The number of nitrogens with two attached hydrogens (primary N) is 1. The van der Waals surface area contributed by atoms with Gasteiger partial charge in [0.25, 0.3) is 11.8 Å². The topological polar surface area (TPSA) is 228 Å². The fourth-order valence-electron chi connectivity index (χ4n) is 8.13. The maximum Gasteiger partial charge on any atom is 0.310 e. The molecule has 2 fully saturated rings. The van der Waals surface area contributed by atoms with Crippen LogP contribution in [0.5, 0.6) is 0 Å². The summed E-state index contributed by atoms with van der Waals surface area (Å²) in [6, 6.07) is 24.0. The first-order valence-electron chi connectivity index (χ1n) is 20.8. The van der Waals surface area contributed by atoms with E-state index in [1.165, 1.54) is 17.0 Å². The summed E-state index contributed by atoms with van der Waals surface area (Å²) in [4.78, 5) is 62.6. The number of H-pyrrole nitrogens is 2. The smallest absolute Gasteiger partial charge is 0.310 e. The van der Waals surface area contributed by atoms with Gasteiger partial charge in [-0.2, -0.15) is 10.2 Å². The summed E-state index contributed by atoms with van der Waals surface area (Å²) in [5, 5.41) is 29.6. The number of nitrogens with zero attached hydrogens (tertiary/aromatic N) is 6. The van der Waals surface area contributed by atoms with E-state index < -0.39 is 40.2 Å². The van der Waals surface area contributed by atoms with Gasteiger partial charge in [0.2, 0.25) is 5.91 Å². The largest absolute Gasteiger partial charge is 0.481 e. The van der Waals surface area contributed by atoms with Crippen LogP contribution in [0.2, 0.25) is 0 Å². The number of nitrogens with one attached hydrogen (secondary N) is 4. The van der Waals surface area contributed by atoms with Crippen molar-refractivity contribution in [3.63, 3.8) is 0 Å². The maximum absolute atomic E-state index is 14.4. The second kappa shape index (κ2) is 19.3. The molecule has 0 radical (unpaired) electrons. The van der Waals surface area contributed by atoms with E-state index >= 15 is 0 Å². The lowest BCUT2D eigenvalue weighted by Gasteiger charge is -2.39. The van der Waals surface area contributed by atoms with E-state index in [2.05, 4.69) is 41.0 Å². The van der Waals surface area contributed by atoms with Crippen molar-refractivity contribution < 1.29 is 33.1 Å². The molecule has 8 rings (SSSR count). The third kappa shape index (κ3) is 10.1. The molecule has 0 unspecified atom stereocenters. The summed E-state index contributed by atoms with van der Waals surface area (Å²) in [6.07, 6.45) is 5.16. The van der Waals surface area contributed by atoms with Crippen molar-refractivity contribution in [3.05, 3.63) is 143 Å². The lowest BCUT2D eigenvalue weighted by molar-refractivity contribution is -0.151. The maximum atomic E-state index is 14.4. The quantitative estimate of drug-likeness (QED) is 0.0779. The number of aromatic nitrogens is 6. The molecule has 7 N–H and O–H groups in total. The van der Waals surface area contributed by atoms with Gasteiger partial charge in [-0.1, -0.05) is 36.4 Å². The highest BCUT2D eigenvalue weighted by molar-refractivity contribution is 5.95. The number of anilines is 4. The van der Waals surface area contributed by atoms with E-state index in [0.717, 1.165) is 5.69 Å². The minimum absolute atomic E-state index is 0.0204. The number of carboxylic acid groups (broad SMARTS) is 1. The van der Waals surface area contributed by atoms with Crippen molar-refractivity contribution in [2.24, 2.45) is 16.6 Å². The second-order valence-corrected chi connectivity index (χ2v) is 16.3. The Hall–Kier alpha value is -7.50. The molecule has 6 aromatic rings. The summed E-state index contributed by atoms with van der Waals surface area (Å²) in [6.45, 7) is 4.36. The molecule has 2 saturated heterocycles. The van der Waals surface area contributed by atoms with Crippen molar-refractivity contribution >= 4 is 47.0 Å². The molecule has 0 saturated carbocycles. The van der Waals surface area contributed by atoms with Crippen LogP contribution in [-0.2, 0) is 22.4 Å². The first-order valence-corrected chi connectivity index (χ1v) is 20.8. The molecule has 2 aliphatic heterocycles. The van der Waals surface area contributed by atoms with E-state index in [0.29, 0.717) is 72.4 Å². The number of carbonyl (C=O) groups excluding carboxylic acids is 3. The molecule has 0 spiro atoms. The summed E-state index contributed by atoms with van der Waals surface area (Å²) in [5.41, 5.74) is 6.22. The summed E-state index contributed by atoms with van der Waals surface area (Å²) in [5.74, 6) is -0.563. The molecule has 3 amide bonds. The Bertz CT molecular complexity index is 2430. The number of aromatic amines is 2. The lowest BCUT2D eigenvalue weighted by Crippen LogP contribution is -2.50. The number of pyridine rings is 2. The number of carbonyl (C=O) groups is 4. The molecule has 2 aliphatic rings. The monoisotopic (exact) mass is 873 g/mol. The van der Waals surface area contributed by atoms with Gasteiger partial charge in [0, 0.05) is 62.5 Å². The average Bonchev–Trinajstić information content (AvgIpc) is 4.01. The molecule has 0 aliphatic carbocycles. The summed E-state index contributed by atoms with van der Waals surface area (Å²) < 4.78 is 28.8. The zero-order chi connectivity index (χ0) is 45.4. The zero-order valence-corrected chi connectivity index (χ0v) is 35.4. The first kappa shape index (κ1) is 44.6. The third-order valence-corrected chi connectivity index (χ3v) is 12.0. The number of hydrogen-bond acceptors (Lipinski definition) is 10. The number of amides is 3. The van der Waals surface area contributed by atoms with E-state index in [1.54, 1.807) is 79.7 Å². The fourth-order valence-corrected chi connectivity index (χ4v) is 8.13. The number of piperidine rings is 2. The van der Waals surface area contributed by atoms with Gasteiger partial charge < -0.3 is 31.3 Å². The van der Waals surface area contributed by atoms with Gasteiger partial charge in [0.05, 0.1) is 34.4 Å². The average molecular weight is 874 g/mol. The number of likely N-dealkylation sites (tertiary alicyclic amines) is 2. The van der Waals surface area contributed by atoms with Crippen LogP contribution in [0.4, 0.5) is 32.1 Å². The van der Waals surface area contributed by atoms with Crippen molar-refractivity contribution in [3.8, 4) is 0 Å². The van der Waals surface area contributed by atoms with E-state index in [9.17, 15) is 33.1 Å². The minimum Gasteiger partial charge on any atom is -0.481 e. The fraction of sp³-hybridized carbons (Fsp3) is 0.304. The van der Waals surface area contributed by atoms with Crippen molar-refractivity contribution in [1.82, 2.24) is 40.2 Å². The van der Waals surface area contributed by atoms with Crippen LogP contribution in [0.15, 0.2) is 97.3 Å². The molecule has 6 heterocycles. The number of primary amides is 1. The molecule has 332 valence electrons. The Morgan fingerprint density at radius 2 is 1.05 bits per heavy atom. The van der Waals surface area contributed by atoms with Crippen LogP contribution < -0.4 is 16.4 Å². The summed E-state index contributed by atoms with van der Waals surface area (Å²) >= 11 is 0. The van der Waals surface area contributed by atoms with E-state index in [1.807, 2.05) is 24.3 Å².